The quantitative estimate of drug-likeness (QED) is 0.786. The van der Waals surface area contributed by atoms with E-state index in [0.717, 1.165) is 44.0 Å². The van der Waals surface area contributed by atoms with E-state index in [-0.39, 0.29) is 6.61 Å². The van der Waals surface area contributed by atoms with Crippen molar-refractivity contribution in [3.63, 3.8) is 0 Å². The van der Waals surface area contributed by atoms with Gasteiger partial charge >= 0.3 is 5.97 Å². The van der Waals surface area contributed by atoms with Crippen molar-refractivity contribution in [3.8, 4) is 5.75 Å². The van der Waals surface area contributed by atoms with Gasteiger partial charge in [-0.15, -0.1) is 0 Å². The predicted octanol–water partition coefficient (Wildman–Crippen LogP) is 2.25. The van der Waals surface area contributed by atoms with Gasteiger partial charge in [0.05, 0.1) is 0 Å². The Kier molecular flexibility index (Phi) is 5.46. The molecule has 2 aromatic rings. The van der Waals surface area contributed by atoms with Gasteiger partial charge in [-0.25, -0.2) is 4.57 Å². The van der Waals surface area contributed by atoms with Crippen LogP contribution in [0.4, 0.5) is 5.69 Å². The van der Waals surface area contributed by atoms with Crippen LogP contribution in [0.25, 0.3) is 0 Å². The maximum atomic E-state index is 12.2. The van der Waals surface area contributed by atoms with Gasteiger partial charge < -0.3 is 19.6 Å². The van der Waals surface area contributed by atoms with Crippen LogP contribution in [0, 0.1) is 5.41 Å². The molecule has 0 amide bonds. The molecule has 1 fully saturated rings. The van der Waals surface area contributed by atoms with E-state index in [1.165, 1.54) is 11.1 Å². The molecule has 1 aromatic heterocycles. The molecule has 2 aliphatic heterocycles. The Morgan fingerprint density at radius 3 is 2.55 bits per heavy atom. The van der Waals surface area contributed by atoms with Crippen molar-refractivity contribution in [1.82, 2.24) is 4.90 Å². The average molecular weight is 397 g/mol. The standard InChI is InChI=1S/C23H29N3O3/c1-24-11-6-20(7-12-24)26-13-8-23(9-14-26,22(27)28)17-29-21-4-3-18-5-10-25(2)16-19(18)15-21/h3-4,6-7,11-12,15H,5,8-10,13-14,16-17H2,1-2H3/p+1. The van der Waals surface area contributed by atoms with Crippen LogP contribution in [0.1, 0.15) is 24.0 Å². The van der Waals surface area contributed by atoms with E-state index in [1.807, 2.05) is 30.1 Å². The number of piperidine rings is 1. The predicted molar refractivity (Wildman–Crippen MR) is 111 cm³/mol. The minimum atomic E-state index is -0.831. The van der Waals surface area contributed by atoms with Crippen molar-refractivity contribution < 1.29 is 19.2 Å². The third-order valence-electron chi connectivity index (χ3n) is 6.40. The van der Waals surface area contributed by atoms with E-state index in [4.69, 9.17) is 4.74 Å². The van der Waals surface area contributed by atoms with Crippen molar-refractivity contribution in [2.24, 2.45) is 12.5 Å². The zero-order valence-electron chi connectivity index (χ0n) is 17.3. The average Bonchev–Trinajstić information content (AvgIpc) is 2.73. The number of hydrogen-bond donors (Lipinski definition) is 1. The Morgan fingerprint density at radius 1 is 1.14 bits per heavy atom. The second-order valence-electron chi connectivity index (χ2n) is 8.50. The molecular weight excluding hydrogens is 366 g/mol. The Morgan fingerprint density at radius 2 is 1.86 bits per heavy atom. The fraction of sp³-hybridized carbons (Fsp3) is 0.478. The van der Waals surface area contributed by atoms with Crippen LogP contribution in [0.2, 0.25) is 0 Å². The van der Waals surface area contributed by atoms with Crippen molar-refractivity contribution in [2.45, 2.75) is 25.8 Å². The van der Waals surface area contributed by atoms with Gasteiger partial charge in [-0.1, -0.05) is 6.07 Å². The SMILES string of the molecule is CN1CCc2ccc(OCC3(C(=O)O)CCN(c4cc[n+](C)cc4)CC3)cc2C1. The van der Waals surface area contributed by atoms with E-state index in [9.17, 15) is 9.90 Å². The van der Waals surface area contributed by atoms with Crippen LogP contribution in [0.5, 0.6) is 5.75 Å². The number of aromatic nitrogens is 1. The minimum absolute atomic E-state index is 0.217. The van der Waals surface area contributed by atoms with Gasteiger partial charge in [0, 0.05) is 44.0 Å². The number of hydrogen-bond acceptors (Lipinski definition) is 4. The largest absolute Gasteiger partial charge is 0.492 e. The van der Waals surface area contributed by atoms with Gasteiger partial charge in [-0.3, -0.25) is 4.79 Å². The third kappa shape index (κ3) is 4.22. The van der Waals surface area contributed by atoms with Crippen molar-refractivity contribution in [3.05, 3.63) is 53.9 Å². The van der Waals surface area contributed by atoms with Gasteiger partial charge in [-0.2, -0.15) is 0 Å². The highest BCUT2D eigenvalue weighted by atomic mass is 16.5. The number of anilines is 1. The van der Waals surface area contributed by atoms with Gasteiger partial charge in [0.1, 0.15) is 24.8 Å². The van der Waals surface area contributed by atoms with Crippen LogP contribution < -0.4 is 14.2 Å². The fourth-order valence-corrected chi connectivity index (χ4v) is 4.30. The molecule has 1 saturated heterocycles. The fourth-order valence-electron chi connectivity index (χ4n) is 4.30. The summed E-state index contributed by atoms with van der Waals surface area (Å²) in [5.74, 6) is 0.0203. The molecule has 0 bridgehead atoms. The molecule has 2 aliphatic rings. The zero-order chi connectivity index (χ0) is 20.4. The molecule has 0 spiro atoms. The Hall–Kier alpha value is -2.60. The molecule has 0 atom stereocenters. The number of benzene rings is 1. The molecule has 0 aliphatic carbocycles. The number of ether oxygens (including phenoxy) is 1. The van der Waals surface area contributed by atoms with Crippen LogP contribution >= 0.6 is 0 Å². The summed E-state index contributed by atoms with van der Waals surface area (Å²) in [6.07, 6.45) is 6.25. The van der Waals surface area contributed by atoms with E-state index in [2.05, 4.69) is 41.1 Å². The number of likely N-dealkylation sites (N-methyl/N-ethyl adjacent to an activating group) is 1. The van der Waals surface area contributed by atoms with E-state index < -0.39 is 11.4 Å². The number of pyridine rings is 1. The summed E-state index contributed by atoms with van der Waals surface area (Å²) in [4.78, 5) is 16.7. The van der Waals surface area contributed by atoms with Crippen molar-refractivity contribution in [2.75, 3.05) is 38.2 Å². The van der Waals surface area contributed by atoms with Gasteiger partial charge in [-0.05, 0) is 49.6 Å². The summed E-state index contributed by atoms with van der Waals surface area (Å²) in [7, 11) is 4.11. The number of carboxylic acid groups (broad SMARTS) is 1. The lowest BCUT2D eigenvalue weighted by atomic mass is 9.79. The van der Waals surface area contributed by atoms with Crippen LogP contribution in [0.3, 0.4) is 0 Å². The summed E-state index contributed by atoms with van der Waals surface area (Å²) in [5, 5.41) is 9.98. The summed E-state index contributed by atoms with van der Waals surface area (Å²) in [6, 6.07) is 10.4. The third-order valence-corrected chi connectivity index (χ3v) is 6.40. The van der Waals surface area contributed by atoms with E-state index >= 15 is 0 Å². The summed E-state index contributed by atoms with van der Waals surface area (Å²) in [6.45, 7) is 3.65. The van der Waals surface area contributed by atoms with Crippen molar-refractivity contribution in [1.29, 1.82) is 0 Å². The topological polar surface area (TPSA) is 56.9 Å². The minimum Gasteiger partial charge on any atom is -0.492 e. The molecular formula is C23H30N3O3+. The maximum Gasteiger partial charge on any atom is 0.313 e. The first-order valence-electron chi connectivity index (χ1n) is 10.3. The highest BCUT2D eigenvalue weighted by molar-refractivity contribution is 5.75. The molecule has 1 N–H and O–H groups in total. The molecule has 154 valence electrons. The number of aliphatic carboxylic acids is 1. The Labute approximate surface area is 172 Å². The zero-order valence-corrected chi connectivity index (χ0v) is 17.3. The number of nitrogens with zero attached hydrogens (tertiary/aromatic N) is 3. The molecule has 6 heteroatoms. The summed E-state index contributed by atoms with van der Waals surface area (Å²) in [5.41, 5.74) is 2.96. The van der Waals surface area contributed by atoms with E-state index in [0.29, 0.717) is 12.8 Å². The first-order valence-corrected chi connectivity index (χ1v) is 10.3. The summed E-state index contributed by atoms with van der Waals surface area (Å²) < 4.78 is 8.05. The molecule has 6 nitrogen and oxygen atoms in total. The molecule has 3 heterocycles. The summed E-state index contributed by atoms with van der Waals surface area (Å²) >= 11 is 0. The lowest BCUT2D eigenvalue weighted by Gasteiger charge is -2.39. The number of fused-ring (bicyclic) bond motifs is 1. The van der Waals surface area contributed by atoms with Crippen LogP contribution in [-0.4, -0.2) is 49.3 Å². The van der Waals surface area contributed by atoms with E-state index in [1.54, 1.807) is 0 Å². The molecule has 1 aromatic carbocycles. The van der Waals surface area contributed by atoms with Crippen LogP contribution in [0.15, 0.2) is 42.7 Å². The lowest BCUT2D eigenvalue weighted by molar-refractivity contribution is -0.671. The second kappa shape index (κ2) is 8.03. The van der Waals surface area contributed by atoms with Crippen LogP contribution in [-0.2, 0) is 24.8 Å². The maximum absolute atomic E-state index is 12.2. The number of carboxylic acids is 1. The van der Waals surface area contributed by atoms with Gasteiger partial charge in [0.15, 0.2) is 12.4 Å². The van der Waals surface area contributed by atoms with Gasteiger partial charge in [0.25, 0.3) is 0 Å². The second-order valence-corrected chi connectivity index (χ2v) is 8.50. The Bertz CT molecular complexity index is 873. The lowest BCUT2D eigenvalue weighted by Crippen LogP contribution is -2.48. The van der Waals surface area contributed by atoms with Crippen molar-refractivity contribution >= 4 is 11.7 Å². The number of rotatable bonds is 5. The molecule has 0 saturated carbocycles. The molecule has 29 heavy (non-hydrogen) atoms. The molecule has 0 unspecified atom stereocenters. The highest BCUT2D eigenvalue weighted by Crippen LogP contribution is 2.35. The monoisotopic (exact) mass is 396 g/mol. The van der Waals surface area contributed by atoms with Gasteiger partial charge in [0.2, 0.25) is 0 Å². The highest BCUT2D eigenvalue weighted by Gasteiger charge is 2.42. The Balaban J connectivity index is 1.42. The number of aryl methyl sites for hydroxylation is 1. The molecule has 4 rings (SSSR count). The number of carbonyl (C=O) groups is 1. The normalized spacial score (nSPS) is 18.9. The molecule has 0 radical (unpaired) electrons. The first-order chi connectivity index (χ1) is 13.9. The first kappa shape index (κ1) is 19.7. The smallest absolute Gasteiger partial charge is 0.313 e.